The van der Waals surface area contributed by atoms with E-state index in [-0.39, 0.29) is 11.9 Å². The predicted octanol–water partition coefficient (Wildman–Crippen LogP) is 5.49. The molecule has 0 saturated heterocycles. The van der Waals surface area contributed by atoms with Gasteiger partial charge < -0.3 is 10.2 Å². The van der Waals surface area contributed by atoms with Gasteiger partial charge >= 0.3 is 0 Å². The molecule has 0 radical (unpaired) electrons. The molecule has 0 bridgehead atoms. The molecular formula is C30H35N7O. The smallest absolute Gasteiger partial charge is 0.252 e. The Bertz CT molecular complexity index is 1570. The molecule has 0 fully saturated rings. The Balaban J connectivity index is 1.48. The molecule has 1 amide bonds. The molecule has 4 heterocycles. The number of pyridine rings is 2. The van der Waals surface area contributed by atoms with Gasteiger partial charge in [0.2, 0.25) is 0 Å². The second-order valence-corrected chi connectivity index (χ2v) is 10.1. The van der Waals surface area contributed by atoms with Gasteiger partial charge in [-0.2, -0.15) is 10.2 Å². The van der Waals surface area contributed by atoms with Gasteiger partial charge in [0.05, 0.1) is 40.6 Å². The number of benzene rings is 1. The molecule has 8 nitrogen and oxygen atoms in total. The van der Waals surface area contributed by atoms with E-state index in [0.717, 1.165) is 40.9 Å². The van der Waals surface area contributed by atoms with Crippen molar-refractivity contribution < 1.29 is 4.79 Å². The minimum absolute atomic E-state index is 0.113. The molecule has 0 aliphatic carbocycles. The van der Waals surface area contributed by atoms with E-state index in [1.54, 1.807) is 12.4 Å². The van der Waals surface area contributed by atoms with Crippen LogP contribution in [0.15, 0.2) is 67.0 Å². The van der Waals surface area contributed by atoms with Gasteiger partial charge in [0, 0.05) is 24.3 Å². The van der Waals surface area contributed by atoms with Crippen molar-refractivity contribution in [1.82, 2.24) is 34.6 Å². The van der Waals surface area contributed by atoms with Crippen molar-refractivity contribution >= 4 is 22.5 Å². The third-order valence-corrected chi connectivity index (χ3v) is 6.80. The average molecular weight is 510 g/mol. The van der Waals surface area contributed by atoms with Gasteiger partial charge in [-0.3, -0.25) is 4.79 Å². The molecule has 0 spiro atoms. The average Bonchev–Trinajstić information content (AvgIpc) is 3.58. The van der Waals surface area contributed by atoms with Crippen molar-refractivity contribution in [2.24, 2.45) is 0 Å². The summed E-state index contributed by atoms with van der Waals surface area (Å²) in [6, 6.07) is 18.3. The first kappa shape index (κ1) is 25.6. The first-order chi connectivity index (χ1) is 18.4. The predicted molar refractivity (Wildman–Crippen MR) is 151 cm³/mol. The van der Waals surface area contributed by atoms with Crippen molar-refractivity contribution in [3.63, 3.8) is 0 Å². The van der Waals surface area contributed by atoms with Crippen LogP contribution in [0.1, 0.15) is 61.3 Å². The molecule has 38 heavy (non-hydrogen) atoms. The van der Waals surface area contributed by atoms with Crippen LogP contribution in [-0.2, 0) is 13.1 Å². The highest BCUT2D eigenvalue weighted by Crippen LogP contribution is 2.27. The molecule has 0 aliphatic heterocycles. The number of carbonyl (C=O) groups excluding carboxylic acids is 1. The van der Waals surface area contributed by atoms with Crippen molar-refractivity contribution in [1.29, 1.82) is 0 Å². The number of unbranched alkanes of at least 4 members (excludes halogenated alkanes) is 1. The number of hydrogen-bond donors (Lipinski definition) is 1. The van der Waals surface area contributed by atoms with E-state index in [0.29, 0.717) is 17.8 Å². The van der Waals surface area contributed by atoms with Crippen LogP contribution in [0.4, 0.5) is 0 Å². The van der Waals surface area contributed by atoms with Gasteiger partial charge in [0.1, 0.15) is 0 Å². The first-order valence-electron chi connectivity index (χ1n) is 13.3. The summed E-state index contributed by atoms with van der Waals surface area (Å²) in [6.07, 6.45) is 5.87. The van der Waals surface area contributed by atoms with E-state index < -0.39 is 0 Å². The Morgan fingerprint density at radius 1 is 1.08 bits per heavy atom. The highest BCUT2D eigenvalue weighted by Gasteiger charge is 2.19. The lowest BCUT2D eigenvalue weighted by molar-refractivity contribution is 0.0952. The highest BCUT2D eigenvalue weighted by atomic mass is 16.1. The number of amides is 1. The van der Waals surface area contributed by atoms with E-state index in [4.69, 9.17) is 4.98 Å². The van der Waals surface area contributed by atoms with Crippen molar-refractivity contribution in [3.8, 4) is 11.3 Å². The lowest BCUT2D eigenvalue weighted by Crippen LogP contribution is -2.24. The van der Waals surface area contributed by atoms with E-state index in [1.807, 2.05) is 39.5 Å². The lowest BCUT2D eigenvalue weighted by atomic mass is 10.0. The molecule has 196 valence electrons. The molecule has 1 N–H and O–H groups in total. The minimum Gasteiger partial charge on any atom is -0.346 e. The quantitative estimate of drug-likeness (QED) is 0.269. The zero-order chi connectivity index (χ0) is 26.6. The molecule has 5 rings (SSSR count). The van der Waals surface area contributed by atoms with Crippen LogP contribution in [0.25, 0.3) is 27.8 Å². The van der Waals surface area contributed by atoms with Crippen molar-refractivity contribution in [2.45, 2.75) is 52.7 Å². The van der Waals surface area contributed by atoms with Gasteiger partial charge in [0.15, 0.2) is 5.65 Å². The molecule has 0 unspecified atom stereocenters. The van der Waals surface area contributed by atoms with Gasteiger partial charge in [-0.15, -0.1) is 0 Å². The fourth-order valence-electron chi connectivity index (χ4n) is 4.79. The summed E-state index contributed by atoms with van der Waals surface area (Å²) in [4.78, 5) is 20.9. The third kappa shape index (κ3) is 5.31. The number of hydrogen-bond acceptors (Lipinski definition) is 5. The van der Waals surface area contributed by atoms with Crippen molar-refractivity contribution in [3.05, 3.63) is 83.8 Å². The number of rotatable bonds is 10. The Morgan fingerprint density at radius 2 is 1.92 bits per heavy atom. The van der Waals surface area contributed by atoms with Crippen molar-refractivity contribution in [2.75, 3.05) is 13.6 Å². The molecule has 5 aromatic rings. The summed E-state index contributed by atoms with van der Waals surface area (Å²) in [5.74, 6) is -0.165. The monoisotopic (exact) mass is 509 g/mol. The Labute approximate surface area is 223 Å². The summed E-state index contributed by atoms with van der Waals surface area (Å²) in [5, 5.41) is 12.8. The fourth-order valence-corrected chi connectivity index (χ4v) is 4.79. The standard InChI is InChI=1S/C30H35N7O/c1-5-6-15-35(4)20-22-9-7-10-23(16-22)28-17-26(27-19-33-36(21(2)3)29(27)34-28)30(38)31-18-25-12-8-11-24-13-14-32-37(24)25/h7-14,16-17,19,21H,5-6,15,18,20H2,1-4H3,(H,31,38). The van der Waals surface area contributed by atoms with Crippen LogP contribution in [0.5, 0.6) is 0 Å². The van der Waals surface area contributed by atoms with Crippen LogP contribution in [0.2, 0.25) is 0 Å². The zero-order valence-corrected chi connectivity index (χ0v) is 22.6. The maximum Gasteiger partial charge on any atom is 0.252 e. The van der Waals surface area contributed by atoms with Crippen LogP contribution in [-0.4, -0.2) is 48.8 Å². The normalized spacial score (nSPS) is 11.7. The first-order valence-corrected chi connectivity index (χ1v) is 13.3. The van der Waals surface area contributed by atoms with E-state index in [9.17, 15) is 4.79 Å². The van der Waals surface area contributed by atoms with E-state index in [2.05, 4.69) is 72.5 Å². The largest absolute Gasteiger partial charge is 0.346 e. The number of carbonyl (C=O) groups is 1. The lowest BCUT2D eigenvalue weighted by Gasteiger charge is -2.17. The molecular weight excluding hydrogens is 474 g/mol. The number of aromatic nitrogens is 5. The molecule has 0 atom stereocenters. The van der Waals surface area contributed by atoms with Gasteiger partial charge in [0.25, 0.3) is 5.91 Å². The fraction of sp³-hybridized carbons (Fsp3) is 0.333. The molecule has 0 aliphatic rings. The number of nitrogens with zero attached hydrogens (tertiary/aromatic N) is 6. The number of nitrogens with one attached hydrogen (secondary N) is 1. The van der Waals surface area contributed by atoms with Crippen LogP contribution in [0, 0.1) is 0 Å². The Morgan fingerprint density at radius 3 is 2.74 bits per heavy atom. The Hall–Kier alpha value is -4.04. The van der Waals surface area contributed by atoms with Gasteiger partial charge in [-0.1, -0.05) is 37.6 Å². The van der Waals surface area contributed by atoms with Gasteiger partial charge in [-0.25, -0.2) is 14.2 Å². The van der Waals surface area contributed by atoms with Crippen LogP contribution < -0.4 is 5.32 Å². The topological polar surface area (TPSA) is 80.4 Å². The summed E-state index contributed by atoms with van der Waals surface area (Å²) >= 11 is 0. The summed E-state index contributed by atoms with van der Waals surface area (Å²) < 4.78 is 3.72. The van der Waals surface area contributed by atoms with Crippen LogP contribution >= 0.6 is 0 Å². The highest BCUT2D eigenvalue weighted by molar-refractivity contribution is 6.06. The molecule has 1 aromatic carbocycles. The van der Waals surface area contributed by atoms with E-state index >= 15 is 0 Å². The Kier molecular flexibility index (Phi) is 7.51. The molecule has 0 saturated carbocycles. The minimum atomic E-state index is -0.165. The van der Waals surface area contributed by atoms with Crippen LogP contribution in [0.3, 0.4) is 0 Å². The SMILES string of the molecule is CCCCN(C)Cc1cccc(-c2cc(C(=O)NCc3cccc4ccnn34)c3cnn(C(C)C)c3n2)c1. The summed E-state index contributed by atoms with van der Waals surface area (Å²) in [7, 11) is 2.15. The molecule has 4 aromatic heterocycles. The summed E-state index contributed by atoms with van der Waals surface area (Å²) in [6.45, 7) is 8.63. The molecule has 8 heteroatoms. The zero-order valence-electron chi connectivity index (χ0n) is 22.6. The second kappa shape index (κ2) is 11.1. The maximum absolute atomic E-state index is 13.6. The second-order valence-electron chi connectivity index (χ2n) is 10.1. The summed E-state index contributed by atoms with van der Waals surface area (Å²) in [5.41, 5.74) is 6.14. The third-order valence-electron chi connectivity index (χ3n) is 6.80. The maximum atomic E-state index is 13.6. The van der Waals surface area contributed by atoms with Gasteiger partial charge in [-0.05, 0) is 69.8 Å². The number of fused-ring (bicyclic) bond motifs is 2. The van der Waals surface area contributed by atoms with E-state index in [1.165, 1.54) is 18.4 Å².